The zero-order chi connectivity index (χ0) is 24.4. The molecule has 3 aromatic rings. The Labute approximate surface area is 198 Å². The van der Waals surface area contributed by atoms with Gasteiger partial charge >= 0.3 is 0 Å². The van der Waals surface area contributed by atoms with Crippen LogP contribution in [0.25, 0.3) is 5.69 Å². The Morgan fingerprint density at radius 1 is 1.00 bits per heavy atom. The molecule has 0 aliphatic carbocycles. The number of hydrogen-bond acceptors (Lipinski definition) is 5. The molecule has 0 N–H and O–H groups in total. The molecular formula is C26H27N3O5. The van der Waals surface area contributed by atoms with Crippen molar-refractivity contribution in [1.82, 2.24) is 14.4 Å². The highest BCUT2D eigenvalue weighted by Crippen LogP contribution is 2.39. The van der Waals surface area contributed by atoms with Gasteiger partial charge in [0.2, 0.25) is 5.91 Å². The van der Waals surface area contributed by atoms with E-state index in [-0.39, 0.29) is 12.3 Å². The first-order chi connectivity index (χ1) is 16.4. The van der Waals surface area contributed by atoms with Crippen molar-refractivity contribution in [1.29, 1.82) is 0 Å². The second kappa shape index (κ2) is 9.43. The molecule has 0 saturated heterocycles. The van der Waals surface area contributed by atoms with Gasteiger partial charge in [-0.1, -0.05) is 12.1 Å². The summed E-state index contributed by atoms with van der Waals surface area (Å²) in [6, 6.07) is 13.3. The third-order valence-electron chi connectivity index (χ3n) is 5.86. The van der Waals surface area contributed by atoms with Crippen molar-refractivity contribution in [3.8, 4) is 17.2 Å². The second-order valence-corrected chi connectivity index (χ2v) is 8.12. The lowest BCUT2D eigenvalue weighted by atomic mass is 10.0. The van der Waals surface area contributed by atoms with E-state index in [4.69, 9.17) is 9.47 Å². The Kier molecular flexibility index (Phi) is 6.40. The standard InChI is InChI=1S/C26H27N3O5/c1-5-34-22-15-17(11-12-21(22)33-4)20(16-23(30)27(2)3)29-25(31)18-9-8-10-19(24(18)26(29)32)28-13-6-7-14-28/h6-15,20H,5,16H2,1-4H3. The maximum Gasteiger partial charge on any atom is 0.264 e. The van der Waals surface area contributed by atoms with Crippen LogP contribution in [0.4, 0.5) is 0 Å². The molecule has 3 amide bonds. The number of rotatable bonds is 8. The van der Waals surface area contributed by atoms with Crippen LogP contribution in [-0.2, 0) is 4.79 Å². The summed E-state index contributed by atoms with van der Waals surface area (Å²) in [5.74, 6) is -0.0649. The maximum atomic E-state index is 13.7. The highest BCUT2D eigenvalue weighted by Gasteiger charge is 2.43. The van der Waals surface area contributed by atoms with Crippen LogP contribution in [0, 0.1) is 0 Å². The van der Waals surface area contributed by atoms with Gasteiger partial charge in [0.1, 0.15) is 0 Å². The second-order valence-electron chi connectivity index (χ2n) is 8.12. The minimum Gasteiger partial charge on any atom is -0.493 e. The number of carbonyl (C=O) groups excluding carboxylic acids is 3. The molecule has 1 atom stereocenters. The number of amides is 3. The van der Waals surface area contributed by atoms with Crippen LogP contribution in [0.3, 0.4) is 0 Å². The van der Waals surface area contributed by atoms with Gasteiger partial charge in [0.25, 0.3) is 11.8 Å². The molecule has 1 aliphatic rings. The van der Waals surface area contributed by atoms with E-state index in [9.17, 15) is 14.4 Å². The van der Waals surface area contributed by atoms with E-state index in [1.807, 2.05) is 31.5 Å². The van der Waals surface area contributed by atoms with E-state index in [1.165, 1.54) is 16.9 Å². The number of imide groups is 1. The van der Waals surface area contributed by atoms with Crippen molar-refractivity contribution < 1.29 is 23.9 Å². The summed E-state index contributed by atoms with van der Waals surface area (Å²) in [5, 5.41) is 0. The summed E-state index contributed by atoms with van der Waals surface area (Å²) < 4.78 is 12.9. The number of fused-ring (bicyclic) bond motifs is 1. The van der Waals surface area contributed by atoms with Crippen LogP contribution < -0.4 is 9.47 Å². The van der Waals surface area contributed by atoms with Gasteiger partial charge in [-0.15, -0.1) is 0 Å². The lowest BCUT2D eigenvalue weighted by molar-refractivity contribution is -0.129. The van der Waals surface area contributed by atoms with Gasteiger partial charge in [0.05, 0.1) is 43.0 Å². The predicted octanol–water partition coefficient (Wildman–Crippen LogP) is 3.70. The fourth-order valence-electron chi connectivity index (χ4n) is 4.15. The molecule has 0 bridgehead atoms. The first-order valence-corrected chi connectivity index (χ1v) is 11.0. The van der Waals surface area contributed by atoms with Crippen molar-refractivity contribution in [2.24, 2.45) is 0 Å². The van der Waals surface area contributed by atoms with E-state index >= 15 is 0 Å². The molecule has 4 rings (SSSR count). The largest absolute Gasteiger partial charge is 0.493 e. The number of aromatic nitrogens is 1. The van der Waals surface area contributed by atoms with Crippen molar-refractivity contribution in [2.45, 2.75) is 19.4 Å². The highest BCUT2D eigenvalue weighted by molar-refractivity contribution is 6.23. The number of carbonyl (C=O) groups is 3. The zero-order valence-corrected chi connectivity index (χ0v) is 19.6. The Bertz CT molecular complexity index is 1230. The summed E-state index contributed by atoms with van der Waals surface area (Å²) in [7, 11) is 4.83. The van der Waals surface area contributed by atoms with E-state index in [1.54, 1.807) is 55.1 Å². The molecule has 176 valence electrons. The minimum absolute atomic E-state index is 0.0603. The number of hydrogen-bond donors (Lipinski definition) is 0. The molecule has 2 heterocycles. The Balaban J connectivity index is 1.82. The summed E-state index contributed by atoms with van der Waals surface area (Å²) >= 11 is 0. The summed E-state index contributed by atoms with van der Waals surface area (Å²) in [4.78, 5) is 42.7. The molecule has 2 aromatic carbocycles. The average molecular weight is 462 g/mol. The molecule has 1 aliphatic heterocycles. The molecule has 8 nitrogen and oxygen atoms in total. The number of benzene rings is 2. The summed E-state index contributed by atoms with van der Waals surface area (Å²) in [6.07, 6.45) is 3.58. The Morgan fingerprint density at radius 3 is 2.38 bits per heavy atom. The van der Waals surface area contributed by atoms with Gasteiger partial charge in [-0.25, -0.2) is 0 Å². The van der Waals surface area contributed by atoms with Crippen molar-refractivity contribution in [3.05, 3.63) is 77.6 Å². The third kappa shape index (κ3) is 4.03. The van der Waals surface area contributed by atoms with E-state index in [2.05, 4.69) is 0 Å². The molecule has 1 unspecified atom stereocenters. The van der Waals surface area contributed by atoms with Gasteiger partial charge in [-0.05, 0) is 48.9 Å². The molecule has 0 radical (unpaired) electrons. The Hall–Kier alpha value is -4.07. The first-order valence-electron chi connectivity index (χ1n) is 11.0. The fraction of sp³-hybridized carbons (Fsp3) is 0.269. The lowest BCUT2D eigenvalue weighted by Crippen LogP contribution is -2.37. The van der Waals surface area contributed by atoms with Gasteiger partial charge in [-0.2, -0.15) is 0 Å². The van der Waals surface area contributed by atoms with Crippen LogP contribution >= 0.6 is 0 Å². The van der Waals surface area contributed by atoms with Crippen molar-refractivity contribution in [3.63, 3.8) is 0 Å². The van der Waals surface area contributed by atoms with Crippen LogP contribution in [0.15, 0.2) is 60.9 Å². The van der Waals surface area contributed by atoms with Crippen LogP contribution in [0.2, 0.25) is 0 Å². The van der Waals surface area contributed by atoms with E-state index < -0.39 is 17.9 Å². The zero-order valence-electron chi connectivity index (χ0n) is 19.6. The molecule has 34 heavy (non-hydrogen) atoms. The topological polar surface area (TPSA) is 81.1 Å². The first kappa shape index (κ1) is 23.1. The van der Waals surface area contributed by atoms with Crippen LogP contribution in [0.5, 0.6) is 11.5 Å². The summed E-state index contributed by atoms with van der Waals surface area (Å²) in [6.45, 7) is 2.26. The summed E-state index contributed by atoms with van der Waals surface area (Å²) in [5.41, 5.74) is 1.86. The normalized spacial score (nSPS) is 13.6. The van der Waals surface area contributed by atoms with Gasteiger partial charge in [0, 0.05) is 26.5 Å². The smallest absolute Gasteiger partial charge is 0.264 e. The number of ether oxygens (including phenoxy) is 2. The molecular weight excluding hydrogens is 434 g/mol. The highest BCUT2D eigenvalue weighted by atomic mass is 16.5. The monoisotopic (exact) mass is 461 g/mol. The van der Waals surface area contributed by atoms with E-state index in [0.29, 0.717) is 40.5 Å². The number of methoxy groups -OCH3 is 1. The molecule has 0 saturated carbocycles. The SMILES string of the molecule is CCOc1cc(C(CC(=O)N(C)C)N2C(=O)c3cccc(-n4cccc4)c3C2=O)ccc1OC. The maximum absolute atomic E-state index is 13.7. The number of nitrogens with zero attached hydrogens (tertiary/aromatic N) is 3. The Morgan fingerprint density at radius 2 is 1.74 bits per heavy atom. The van der Waals surface area contributed by atoms with Gasteiger partial charge in [-0.3, -0.25) is 19.3 Å². The minimum atomic E-state index is -0.815. The van der Waals surface area contributed by atoms with Crippen molar-refractivity contribution >= 4 is 17.7 Å². The molecule has 8 heteroatoms. The van der Waals surface area contributed by atoms with Crippen LogP contribution in [-0.4, -0.2) is 59.9 Å². The predicted molar refractivity (Wildman–Crippen MR) is 126 cm³/mol. The van der Waals surface area contributed by atoms with Crippen molar-refractivity contribution in [2.75, 3.05) is 27.8 Å². The third-order valence-corrected chi connectivity index (χ3v) is 5.86. The van der Waals surface area contributed by atoms with Gasteiger partial charge < -0.3 is 18.9 Å². The molecule has 1 aromatic heterocycles. The molecule has 0 spiro atoms. The van der Waals surface area contributed by atoms with Gasteiger partial charge in [0.15, 0.2) is 11.5 Å². The average Bonchev–Trinajstić information content (AvgIpc) is 3.45. The van der Waals surface area contributed by atoms with E-state index in [0.717, 1.165) is 0 Å². The quantitative estimate of drug-likeness (QED) is 0.478. The molecule has 0 fully saturated rings. The lowest BCUT2D eigenvalue weighted by Gasteiger charge is -2.28. The fourth-order valence-corrected chi connectivity index (χ4v) is 4.15. The van der Waals surface area contributed by atoms with Crippen LogP contribution in [0.1, 0.15) is 45.7 Å².